The molecule has 1 aromatic carbocycles. The molecule has 14 heavy (non-hydrogen) atoms. The second-order valence-corrected chi connectivity index (χ2v) is 3.27. The third-order valence-electron chi connectivity index (χ3n) is 1.93. The van der Waals surface area contributed by atoms with Crippen molar-refractivity contribution in [3.63, 3.8) is 0 Å². The number of hydrogen-bond acceptors (Lipinski definition) is 3. The Morgan fingerprint density at radius 1 is 1.50 bits per heavy atom. The summed E-state index contributed by atoms with van der Waals surface area (Å²) < 4.78 is 0. The van der Waals surface area contributed by atoms with Crippen LogP contribution in [-0.2, 0) is 6.54 Å². The van der Waals surface area contributed by atoms with Gasteiger partial charge in [0.2, 0.25) is 0 Å². The maximum absolute atomic E-state index is 10.7. The van der Waals surface area contributed by atoms with Crippen LogP contribution in [0.15, 0.2) is 18.2 Å². The van der Waals surface area contributed by atoms with E-state index in [4.69, 9.17) is 10.3 Å². The van der Waals surface area contributed by atoms with E-state index in [2.05, 4.69) is 0 Å². The molecule has 0 aliphatic carbocycles. The van der Waals surface area contributed by atoms with Gasteiger partial charge in [-0.25, -0.2) is 4.79 Å². The first-order chi connectivity index (χ1) is 6.50. The van der Waals surface area contributed by atoms with Gasteiger partial charge in [0, 0.05) is 13.6 Å². The Morgan fingerprint density at radius 3 is 2.57 bits per heavy atom. The number of aromatic carboxylic acids is 1. The van der Waals surface area contributed by atoms with E-state index in [9.17, 15) is 4.79 Å². The molecule has 2 N–H and O–H groups in total. The summed E-state index contributed by atoms with van der Waals surface area (Å²) >= 11 is 0. The molecule has 4 heteroatoms. The summed E-state index contributed by atoms with van der Waals surface area (Å²) in [5.74, 6) is -0.925. The molecule has 1 aromatic rings. The fourth-order valence-electron chi connectivity index (χ4n) is 1.33. The Bertz CT molecular complexity index is 347. The van der Waals surface area contributed by atoms with Gasteiger partial charge in [-0.2, -0.15) is 5.06 Å². The van der Waals surface area contributed by atoms with Crippen LogP contribution in [0.5, 0.6) is 0 Å². The number of carboxylic acid groups (broad SMARTS) is 1. The lowest BCUT2D eigenvalue weighted by molar-refractivity contribution is -0.0731. The van der Waals surface area contributed by atoms with E-state index < -0.39 is 5.97 Å². The quantitative estimate of drug-likeness (QED) is 0.718. The summed E-state index contributed by atoms with van der Waals surface area (Å²) in [6.07, 6.45) is 0. The topological polar surface area (TPSA) is 60.8 Å². The first-order valence-corrected chi connectivity index (χ1v) is 4.23. The Kier molecular flexibility index (Phi) is 3.22. The number of hydrogen-bond donors (Lipinski definition) is 2. The molecular weight excluding hydrogens is 182 g/mol. The molecular formula is C10H13NO3. The molecule has 0 aromatic heterocycles. The number of benzene rings is 1. The van der Waals surface area contributed by atoms with Crippen LogP contribution in [0.2, 0.25) is 0 Å². The van der Waals surface area contributed by atoms with E-state index in [1.807, 2.05) is 0 Å². The van der Waals surface area contributed by atoms with Gasteiger partial charge in [-0.3, -0.25) is 0 Å². The average Bonchev–Trinajstić information content (AvgIpc) is 2.01. The van der Waals surface area contributed by atoms with Gasteiger partial charge in [-0.15, -0.1) is 0 Å². The van der Waals surface area contributed by atoms with Gasteiger partial charge in [0.05, 0.1) is 5.56 Å². The third-order valence-corrected chi connectivity index (χ3v) is 1.93. The number of nitrogens with zero attached hydrogens (tertiary/aromatic N) is 1. The molecule has 0 heterocycles. The van der Waals surface area contributed by atoms with E-state index in [1.54, 1.807) is 32.2 Å². The maximum atomic E-state index is 10.7. The average molecular weight is 195 g/mol. The normalized spacial score (nSPS) is 10.6. The minimum atomic E-state index is -0.925. The van der Waals surface area contributed by atoms with Crippen LogP contribution < -0.4 is 0 Å². The second-order valence-electron chi connectivity index (χ2n) is 3.27. The Balaban J connectivity index is 2.94. The van der Waals surface area contributed by atoms with Crippen molar-refractivity contribution in [1.82, 2.24) is 5.06 Å². The standard InChI is InChI=1S/C10H13NO3/c1-7-5-8(6-11(2)14)3-4-9(7)10(12)13/h3-5,14H,6H2,1-2H3,(H,12,13). The van der Waals surface area contributed by atoms with E-state index in [-0.39, 0.29) is 0 Å². The van der Waals surface area contributed by atoms with E-state index in [1.165, 1.54) is 0 Å². The molecule has 0 aliphatic heterocycles. The van der Waals surface area contributed by atoms with Crippen LogP contribution in [0.1, 0.15) is 21.5 Å². The van der Waals surface area contributed by atoms with Crippen molar-refractivity contribution in [1.29, 1.82) is 0 Å². The van der Waals surface area contributed by atoms with E-state index >= 15 is 0 Å². The van der Waals surface area contributed by atoms with Gasteiger partial charge >= 0.3 is 5.97 Å². The van der Waals surface area contributed by atoms with Crippen LogP contribution in [0, 0.1) is 6.92 Å². The molecule has 1 rings (SSSR count). The smallest absolute Gasteiger partial charge is 0.335 e. The lowest BCUT2D eigenvalue weighted by Gasteiger charge is -2.09. The molecule has 0 amide bonds. The number of hydroxylamine groups is 2. The summed E-state index contributed by atoms with van der Waals surface area (Å²) in [6, 6.07) is 5.01. The molecule has 0 spiro atoms. The minimum absolute atomic E-state index is 0.300. The van der Waals surface area contributed by atoms with Gasteiger partial charge in [0.25, 0.3) is 0 Å². The van der Waals surface area contributed by atoms with E-state index in [0.29, 0.717) is 17.7 Å². The summed E-state index contributed by atoms with van der Waals surface area (Å²) in [7, 11) is 1.54. The molecule has 0 atom stereocenters. The number of carboxylic acids is 1. The fourth-order valence-corrected chi connectivity index (χ4v) is 1.33. The summed E-state index contributed by atoms with van der Waals surface area (Å²) in [5, 5.41) is 18.8. The van der Waals surface area contributed by atoms with Gasteiger partial charge in [0.1, 0.15) is 0 Å². The molecule has 0 saturated carbocycles. The van der Waals surface area contributed by atoms with Crippen LogP contribution >= 0.6 is 0 Å². The van der Waals surface area contributed by atoms with Crippen molar-refractivity contribution in [2.24, 2.45) is 0 Å². The van der Waals surface area contributed by atoms with Gasteiger partial charge in [-0.1, -0.05) is 12.1 Å². The van der Waals surface area contributed by atoms with E-state index in [0.717, 1.165) is 10.6 Å². The van der Waals surface area contributed by atoms with Crippen LogP contribution in [0.4, 0.5) is 0 Å². The fraction of sp³-hybridized carbons (Fsp3) is 0.300. The number of rotatable bonds is 3. The monoisotopic (exact) mass is 195 g/mol. The zero-order valence-corrected chi connectivity index (χ0v) is 8.19. The first kappa shape index (κ1) is 10.7. The number of carbonyl (C=O) groups is 1. The molecule has 0 radical (unpaired) electrons. The number of aryl methyl sites for hydroxylation is 1. The summed E-state index contributed by atoms with van der Waals surface area (Å²) in [6.45, 7) is 2.13. The highest BCUT2D eigenvalue weighted by Gasteiger charge is 2.07. The second kappa shape index (κ2) is 4.21. The van der Waals surface area contributed by atoms with Crippen molar-refractivity contribution in [2.45, 2.75) is 13.5 Å². The van der Waals surface area contributed by atoms with Crippen molar-refractivity contribution >= 4 is 5.97 Å². The van der Waals surface area contributed by atoms with Crippen LogP contribution in [0.25, 0.3) is 0 Å². The lowest BCUT2D eigenvalue weighted by Crippen LogP contribution is -2.12. The predicted molar refractivity (Wildman–Crippen MR) is 51.4 cm³/mol. The molecule has 0 aliphatic rings. The maximum Gasteiger partial charge on any atom is 0.335 e. The third kappa shape index (κ3) is 2.55. The Morgan fingerprint density at radius 2 is 2.14 bits per heavy atom. The zero-order valence-electron chi connectivity index (χ0n) is 8.19. The Hall–Kier alpha value is -1.39. The minimum Gasteiger partial charge on any atom is -0.478 e. The molecule has 0 saturated heterocycles. The molecule has 0 unspecified atom stereocenters. The highest BCUT2D eigenvalue weighted by Crippen LogP contribution is 2.12. The van der Waals surface area contributed by atoms with Crippen molar-refractivity contribution in [3.8, 4) is 0 Å². The van der Waals surface area contributed by atoms with Crippen LogP contribution in [0.3, 0.4) is 0 Å². The van der Waals surface area contributed by atoms with Crippen molar-refractivity contribution < 1.29 is 15.1 Å². The van der Waals surface area contributed by atoms with Crippen molar-refractivity contribution in [2.75, 3.05) is 7.05 Å². The van der Waals surface area contributed by atoms with Gasteiger partial charge in [0.15, 0.2) is 0 Å². The van der Waals surface area contributed by atoms with Gasteiger partial charge in [-0.05, 0) is 24.1 Å². The SMILES string of the molecule is Cc1cc(CN(C)O)ccc1C(=O)O. The summed E-state index contributed by atoms with van der Waals surface area (Å²) in [5.41, 5.74) is 1.89. The highest BCUT2D eigenvalue weighted by molar-refractivity contribution is 5.89. The predicted octanol–water partition coefficient (Wildman–Crippen LogP) is 1.51. The van der Waals surface area contributed by atoms with Gasteiger partial charge < -0.3 is 10.3 Å². The van der Waals surface area contributed by atoms with Crippen LogP contribution in [-0.4, -0.2) is 28.4 Å². The summed E-state index contributed by atoms with van der Waals surface area (Å²) in [4.78, 5) is 10.7. The highest BCUT2D eigenvalue weighted by atomic mass is 16.5. The molecule has 4 nitrogen and oxygen atoms in total. The lowest BCUT2D eigenvalue weighted by atomic mass is 10.1. The zero-order chi connectivity index (χ0) is 10.7. The first-order valence-electron chi connectivity index (χ1n) is 4.23. The Labute approximate surface area is 82.4 Å². The molecule has 76 valence electrons. The largest absolute Gasteiger partial charge is 0.478 e. The molecule has 0 bridgehead atoms. The molecule has 0 fully saturated rings. The van der Waals surface area contributed by atoms with Crippen molar-refractivity contribution in [3.05, 3.63) is 34.9 Å².